The zero-order chi connectivity index (χ0) is 26.5. The lowest BCUT2D eigenvalue weighted by molar-refractivity contribution is -0.132. The summed E-state index contributed by atoms with van der Waals surface area (Å²) >= 11 is 0. The van der Waals surface area contributed by atoms with E-state index in [1.807, 2.05) is 6.07 Å². The minimum Gasteiger partial charge on any atom is -0.444 e. The van der Waals surface area contributed by atoms with Crippen molar-refractivity contribution < 1.29 is 23.5 Å². The van der Waals surface area contributed by atoms with Gasteiger partial charge in [-0.2, -0.15) is 0 Å². The molecule has 2 bridgehead atoms. The third-order valence-corrected chi connectivity index (χ3v) is 8.74. The Bertz CT molecular complexity index is 1060. The van der Waals surface area contributed by atoms with Gasteiger partial charge in [-0.1, -0.05) is 12.1 Å². The van der Waals surface area contributed by atoms with Crippen molar-refractivity contribution in [1.82, 2.24) is 15.5 Å². The van der Waals surface area contributed by atoms with Crippen molar-refractivity contribution in [3.05, 3.63) is 35.1 Å². The normalized spacial score (nSPS) is 31.3. The lowest BCUT2D eigenvalue weighted by Crippen LogP contribution is -2.57. The summed E-state index contributed by atoms with van der Waals surface area (Å²) in [6.45, 7) is 7.43. The van der Waals surface area contributed by atoms with Crippen LogP contribution in [0.25, 0.3) is 0 Å². The van der Waals surface area contributed by atoms with Gasteiger partial charge in [0.05, 0.1) is 0 Å². The van der Waals surface area contributed by atoms with Crippen LogP contribution in [0.4, 0.5) is 9.18 Å². The number of nitrogens with zero attached hydrogens (tertiary/aromatic N) is 1. The van der Waals surface area contributed by atoms with E-state index in [1.54, 1.807) is 32.9 Å². The highest BCUT2D eigenvalue weighted by molar-refractivity contribution is 5.91. The number of likely N-dealkylation sites (tertiary alicyclic amines) is 1. The van der Waals surface area contributed by atoms with Gasteiger partial charge in [0.25, 0.3) is 0 Å². The van der Waals surface area contributed by atoms with Crippen LogP contribution >= 0.6 is 0 Å². The molecule has 2 heterocycles. The number of hydrogen-bond donors (Lipinski definition) is 3. The number of piperidine rings is 1. The number of rotatable bonds is 6. The van der Waals surface area contributed by atoms with E-state index >= 15 is 4.39 Å². The standard InChI is InChI=1S/C28H39FN4O4/c1-28(2,3)37-27(36)33-21-7-6-17(10-21)24(33)26(35)32-23(25(30)34)12-16-5-4-15(11-22(16)29)18-8-19-13-31-14-20(19)9-18/h4-5,11,17-21,23-24,31H,6-10,12-14H2,1-3H3,(H2,30,34)(H,32,35)/t17?,18?,19?,20?,21?,23-,24?/m0/s1. The smallest absolute Gasteiger partial charge is 0.411 e. The number of amides is 3. The van der Waals surface area contributed by atoms with Crippen molar-refractivity contribution in [2.24, 2.45) is 23.5 Å². The molecule has 0 radical (unpaired) electrons. The molecule has 9 heteroatoms. The largest absolute Gasteiger partial charge is 0.444 e. The van der Waals surface area contributed by atoms with Crippen LogP contribution in [0.15, 0.2) is 18.2 Å². The molecule has 37 heavy (non-hydrogen) atoms. The van der Waals surface area contributed by atoms with Gasteiger partial charge in [0.15, 0.2) is 0 Å². The third-order valence-electron chi connectivity index (χ3n) is 8.74. The van der Waals surface area contributed by atoms with Crippen LogP contribution in [0.5, 0.6) is 0 Å². The minimum absolute atomic E-state index is 0.00293. The summed E-state index contributed by atoms with van der Waals surface area (Å²) in [5, 5.41) is 6.16. The fraction of sp³-hybridized carbons (Fsp3) is 0.679. The molecule has 3 amide bonds. The maximum absolute atomic E-state index is 15.2. The number of fused-ring (bicyclic) bond motifs is 3. The van der Waals surface area contributed by atoms with Crippen molar-refractivity contribution in [2.75, 3.05) is 13.1 Å². The predicted molar refractivity (Wildman–Crippen MR) is 136 cm³/mol. The summed E-state index contributed by atoms with van der Waals surface area (Å²) in [5.74, 6) is 0.113. The molecule has 2 aliphatic carbocycles. The number of ether oxygens (including phenoxy) is 1. The number of nitrogens with two attached hydrogens (primary N) is 1. The van der Waals surface area contributed by atoms with Gasteiger partial charge in [-0.25, -0.2) is 9.18 Å². The van der Waals surface area contributed by atoms with E-state index in [0.29, 0.717) is 23.3 Å². The number of carbonyl (C=O) groups excluding carboxylic acids is 3. The van der Waals surface area contributed by atoms with Crippen molar-refractivity contribution in [1.29, 1.82) is 0 Å². The van der Waals surface area contributed by atoms with Gasteiger partial charge in [-0.05, 0) is 107 Å². The van der Waals surface area contributed by atoms with Crippen LogP contribution < -0.4 is 16.4 Å². The fourth-order valence-corrected chi connectivity index (χ4v) is 7.02. The summed E-state index contributed by atoms with van der Waals surface area (Å²) in [5.41, 5.74) is 6.27. The fourth-order valence-electron chi connectivity index (χ4n) is 7.02. The van der Waals surface area contributed by atoms with Gasteiger partial charge in [-0.3, -0.25) is 14.5 Å². The molecule has 0 aromatic heterocycles. The topological polar surface area (TPSA) is 114 Å². The van der Waals surface area contributed by atoms with Crippen molar-refractivity contribution in [2.45, 2.75) is 88.9 Å². The first kappa shape index (κ1) is 25.9. The molecule has 2 aliphatic heterocycles. The van der Waals surface area contributed by atoms with Gasteiger partial charge >= 0.3 is 6.09 Å². The van der Waals surface area contributed by atoms with Crippen LogP contribution in [0.1, 0.15) is 69.9 Å². The molecule has 4 N–H and O–H groups in total. The quantitative estimate of drug-likeness (QED) is 0.540. The molecule has 1 aromatic rings. The van der Waals surface area contributed by atoms with E-state index in [2.05, 4.69) is 10.6 Å². The van der Waals surface area contributed by atoms with Crippen LogP contribution in [-0.4, -0.2) is 59.6 Å². The van der Waals surface area contributed by atoms with Gasteiger partial charge in [-0.15, -0.1) is 0 Å². The average Bonchev–Trinajstić information content (AvgIpc) is 3.58. The highest BCUT2D eigenvalue weighted by Crippen LogP contribution is 2.45. The zero-order valence-corrected chi connectivity index (χ0v) is 22.0. The molecule has 5 rings (SSSR count). The Morgan fingerprint density at radius 1 is 1.14 bits per heavy atom. The molecule has 8 nitrogen and oxygen atoms in total. The maximum Gasteiger partial charge on any atom is 0.411 e. The van der Waals surface area contributed by atoms with Crippen LogP contribution in [0, 0.1) is 23.6 Å². The number of primary amides is 1. The first-order valence-corrected chi connectivity index (χ1v) is 13.6. The summed E-state index contributed by atoms with van der Waals surface area (Å²) < 4.78 is 20.7. The van der Waals surface area contributed by atoms with Crippen molar-refractivity contribution in [3.63, 3.8) is 0 Å². The molecule has 6 atom stereocenters. The molecule has 5 unspecified atom stereocenters. The molecule has 2 saturated heterocycles. The van der Waals surface area contributed by atoms with E-state index in [0.717, 1.165) is 50.8 Å². The SMILES string of the molecule is CC(C)(C)OC(=O)N1C2CCC(C2)C1C(=O)N[C@@H](Cc1ccc(C2CC3CNCC3C2)cc1F)C(N)=O. The molecular weight excluding hydrogens is 475 g/mol. The monoisotopic (exact) mass is 514 g/mol. The second-order valence-electron chi connectivity index (χ2n) is 12.4. The lowest BCUT2D eigenvalue weighted by Gasteiger charge is -2.36. The molecule has 2 saturated carbocycles. The summed E-state index contributed by atoms with van der Waals surface area (Å²) in [4.78, 5) is 40.1. The van der Waals surface area contributed by atoms with Crippen LogP contribution in [-0.2, 0) is 20.7 Å². The number of benzene rings is 1. The Morgan fingerprint density at radius 3 is 2.46 bits per heavy atom. The molecule has 0 spiro atoms. The van der Waals surface area contributed by atoms with Crippen LogP contribution in [0.3, 0.4) is 0 Å². The van der Waals surface area contributed by atoms with E-state index < -0.39 is 35.6 Å². The molecule has 202 valence electrons. The second kappa shape index (κ2) is 9.89. The second-order valence-corrected chi connectivity index (χ2v) is 12.4. The van der Waals surface area contributed by atoms with E-state index in [9.17, 15) is 14.4 Å². The molecular formula is C28H39FN4O4. The minimum atomic E-state index is -1.08. The lowest BCUT2D eigenvalue weighted by atomic mass is 9.93. The van der Waals surface area contributed by atoms with Gasteiger partial charge in [0.2, 0.25) is 11.8 Å². The van der Waals surface area contributed by atoms with Crippen molar-refractivity contribution in [3.8, 4) is 0 Å². The van der Waals surface area contributed by atoms with Crippen LogP contribution in [0.2, 0.25) is 0 Å². The average molecular weight is 515 g/mol. The number of nitrogens with one attached hydrogen (secondary N) is 2. The number of hydrogen-bond acceptors (Lipinski definition) is 5. The van der Waals surface area contributed by atoms with E-state index in [4.69, 9.17) is 10.5 Å². The Hall–Kier alpha value is -2.68. The number of carbonyl (C=O) groups is 3. The summed E-state index contributed by atoms with van der Waals surface area (Å²) in [6.07, 6.45) is 3.95. The Morgan fingerprint density at radius 2 is 1.84 bits per heavy atom. The van der Waals surface area contributed by atoms with Gasteiger partial charge in [0.1, 0.15) is 23.5 Å². The van der Waals surface area contributed by atoms with Gasteiger partial charge < -0.3 is 21.1 Å². The highest BCUT2D eigenvalue weighted by Gasteiger charge is 2.52. The zero-order valence-electron chi connectivity index (χ0n) is 22.0. The highest BCUT2D eigenvalue weighted by atomic mass is 19.1. The third kappa shape index (κ3) is 5.33. The van der Waals surface area contributed by atoms with Gasteiger partial charge in [0, 0.05) is 12.5 Å². The maximum atomic E-state index is 15.2. The van der Waals surface area contributed by atoms with Crippen molar-refractivity contribution >= 4 is 17.9 Å². The molecule has 4 aliphatic rings. The predicted octanol–water partition coefficient (Wildman–Crippen LogP) is 2.84. The van der Waals surface area contributed by atoms with E-state index in [-0.39, 0.29) is 24.2 Å². The first-order valence-electron chi connectivity index (χ1n) is 13.6. The van der Waals surface area contributed by atoms with E-state index in [1.165, 1.54) is 4.90 Å². The Labute approximate surface area is 217 Å². The Balaban J connectivity index is 1.26. The summed E-state index contributed by atoms with van der Waals surface area (Å²) in [6, 6.07) is 3.37. The summed E-state index contributed by atoms with van der Waals surface area (Å²) in [7, 11) is 0. The Kier molecular flexibility index (Phi) is 6.94. The number of halogens is 1. The molecule has 1 aromatic carbocycles. The molecule has 4 fully saturated rings. The first-order chi connectivity index (χ1) is 17.5.